The first-order valence-corrected chi connectivity index (χ1v) is 4.93. The molecule has 1 aromatic carbocycles. The van der Waals surface area contributed by atoms with E-state index in [-0.39, 0.29) is 6.73 Å². The van der Waals surface area contributed by atoms with Crippen molar-refractivity contribution in [2.75, 3.05) is 17.8 Å². The van der Waals surface area contributed by atoms with E-state index in [1.807, 2.05) is 36.0 Å². The van der Waals surface area contributed by atoms with Crippen LogP contribution in [-0.4, -0.2) is 17.6 Å². The minimum absolute atomic E-state index is 0.0136. The third-order valence-corrected chi connectivity index (χ3v) is 2.34. The van der Waals surface area contributed by atoms with Crippen LogP contribution in [0.25, 0.3) is 0 Å². The molecule has 0 radical (unpaired) electrons. The molecule has 0 aromatic heterocycles. The van der Waals surface area contributed by atoms with Crippen molar-refractivity contribution < 1.29 is 5.11 Å². The Balaban J connectivity index is 2.58. The first-order chi connectivity index (χ1) is 5.86. The molecule has 0 heterocycles. The number of thioether (sulfide) groups is 1. The van der Waals surface area contributed by atoms with Gasteiger partial charge in [-0.3, -0.25) is 0 Å². The second-order valence-electron chi connectivity index (χ2n) is 2.29. The maximum absolute atomic E-state index is 8.58. The molecule has 0 fully saturated rings. The Morgan fingerprint density at radius 3 is 2.50 bits per heavy atom. The van der Waals surface area contributed by atoms with Crippen molar-refractivity contribution in [1.29, 1.82) is 0 Å². The van der Waals surface area contributed by atoms with E-state index in [4.69, 9.17) is 5.11 Å². The van der Waals surface area contributed by atoms with Crippen molar-refractivity contribution in [3.05, 3.63) is 24.3 Å². The third-order valence-electron chi connectivity index (χ3n) is 1.45. The van der Waals surface area contributed by atoms with E-state index in [0.717, 1.165) is 11.4 Å². The van der Waals surface area contributed by atoms with Crippen molar-refractivity contribution in [2.24, 2.45) is 0 Å². The second-order valence-corrected chi connectivity index (χ2v) is 3.63. The zero-order valence-electron chi connectivity index (χ0n) is 7.08. The number of anilines is 1. The average Bonchev–Trinajstić information content (AvgIpc) is 2.09. The second kappa shape index (κ2) is 5.06. The van der Waals surface area contributed by atoms with Crippen LogP contribution >= 0.6 is 11.8 Å². The molecule has 2 N–H and O–H groups in total. The molecule has 1 rings (SSSR count). The normalized spacial score (nSPS) is 9.83. The van der Waals surface area contributed by atoms with Gasteiger partial charge < -0.3 is 10.4 Å². The van der Waals surface area contributed by atoms with E-state index in [1.165, 1.54) is 4.90 Å². The van der Waals surface area contributed by atoms with E-state index in [0.29, 0.717) is 0 Å². The highest BCUT2D eigenvalue weighted by Gasteiger charge is 1.91. The first kappa shape index (κ1) is 9.42. The smallest absolute Gasteiger partial charge is 0.113 e. The summed E-state index contributed by atoms with van der Waals surface area (Å²) in [5.74, 6) is 1.09. The van der Waals surface area contributed by atoms with Gasteiger partial charge in [0, 0.05) is 10.6 Å². The minimum atomic E-state index is -0.0136. The van der Waals surface area contributed by atoms with E-state index in [2.05, 4.69) is 12.2 Å². The largest absolute Gasteiger partial charge is 0.377 e. The van der Waals surface area contributed by atoms with Crippen LogP contribution in [0.2, 0.25) is 0 Å². The Bertz CT molecular complexity index is 197. The van der Waals surface area contributed by atoms with E-state index in [9.17, 15) is 0 Å². The van der Waals surface area contributed by atoms with Crippen LogP contribution in [0.15, 0.2) is 29.2 Å². The lowest BCUT2D eigenvalue weighted by Gasteiger charge is -2.03. The van der Waals surface area contributed by atoms with Crippen LogP contribution in [-0.2, 0) is 0 Å². The Labute approximate surface area is 77.0 Å². The Hall–Kier alpha value is -0.670. The predicted molar refractivity (Wildman–Crippen MR) is 53.5 cm³/mol. The van der Waals surface area contributed by atoms with Gasteiger partial charge in [0.2, 0.25) is 0 Å². The molecule has 0 saturated carbocycles. The molecule has 0 saturated heterocycles. The number of benzene rings is 1. The van der Waals surface area contributed by atoms with E-state index >= 15 is 0 Å². The van der Waals surface area contributed by atoms with Gasteiger partial charge in [-0.25, -0.2) is 0 Å². The summed E-state index contributed by atoms with van der Waals surface area (Å²) in [5.41, 5.74) is 0.956. The van der Waals surface area contributed by atoms with Crippen LogP contribution in [0.3, 0.4) is 0 Å². The summed E-state index contributed by atoms with van der Waals surface area (Å²) in [5, 5.41) is 11.4. The Kier molecular flexibility index (Phi) is 3.97. The molecular weight excluding hydrogens is 170 g/mol. The van der Waals surface area contributed by atoms with Crippen molar-refractivity contribution >= 4 is 17.4 Å². The zero-order valence-corrected chi connectivity index (χ0v) is 7.90. The molecule has 0 unspecified atom stereocenters. The molecule has 0 bridgehead atoms. The van der Waals surface area contributed by atoms with Crippen LogP contribution in [0, 0.1) is 0 Å². The molecule has 1 aromatic rings. The number of rotatable bonds is 4. The fourth-order valence-electron chi connectivity index (χ4n) is 0.927. The van der Waals surface area contributed by atoms with Crippen molar-refractivity contribution in [3.63, 3.8) is 0 Å². The lowest BCUT2D eigenvalue weighted by Crippen LogP contribution is -1.98. The van der Waals surface area contributed by atoms with Gasteiger partial charge in [0.15, 0.2) is 0 Å². The Morgan fingerprint density at radius 2 is 2.00 bits per heavy atom. The molecule has 12 heavy (non-hydrogen) atoms. The monoisotopic (exact) mass is 183 g/mol. The molecule has 0 atom stereocenters. The molecular formula is C9H13NOS. The molecule has 0 spiro atoms. The van der Waals surface area contributed by atoms with Crippen molar-refractivity contribution in [1.82, 2.24) is 0 Å². The minimum Gasteiger partial charge on any atom is -0.377 e. The lowest BCUT2D eigenvalue weighted by atomic mass is 10.3. The standard InChI is InChI=1S/C9H13NOS/c1-2-12-9-5-3-8(4-6-9)10-7-11/h3-6,10-11H,2,7H2,1H3. The SMILES string of the molecule is CCSc1ccc(NCO)cc1. The van der Waals surface area contributed by atoms with Crippen LogP contribution in [0.4, 0.5) is 5.69 Å². The van der Waals surface area contributed by atoms with Gasteiger partial charge >= 0.3 is 0 Å². The number of nitrogens with one attached hydrogen (secondary N) is 1. The summed E-state index contributed by atoms with van der Waals surface area (Å²) in [6, 6.07) is 8.03. The number of aliphatic hydroxyl groups is 1. The first-order valence-electron chi connectivity index (χ1n) is 3.94. The highest BCUT2D eigenvalue weighted by Crippen LogP contribution is 2.19. The fourth-order valence-corrected chi connectivity index (χ4v) is 1.59. The van der Waals surface area contributed by atoms with Gasteiger partial charge in [0.25, 0.3) is 0 Å². The summed E-state index contributed by atoms with van der Waals surface area (Å²) < 4.78 is 0. The molecule has 0 aliphatic heterocycles. The topological polar surface area (TPSA) is 32.3 Å². The molecule has 66 valence electrons. The van der Waals surface area contributed by atoms with Gasteiger partial charge in [-0.1, -0.05) is 6.92 Å². The summed E-state index contributed by atoms with van der Waals surface area (Å²) in [4.78, 5) is 1.26. The molecule has 3 heteroatoms. The van der Waals surface area contributed by atoms with Crippen LogP contribution in [0.1, 0.15) is 6.92 Å². The van der Waals surface area contributed by atoms with Crippen LogP contribution in [0.5, 0.6) is 0 Å². The third kappa shape index (κ3) is 2.75. The van der Waals surface area contributed by atoms with E-state index in [1.54, 1.807) is 0 Å². The average molecular weight is 183 g/mol. The van der Waals surface area contributed by atoms with Crippen molar-refractivity contribution in [3.8, 4) is 0 Å². The summed E-state index contributed by atoms with van der Waals surface area (Å²) in [7, 11) is 0. The van der Waals surface area contributed by atoms with Crippen LogP contribution < -0.4 is 5.32 Å². The highest BCUT2D eigenvalue weighted by atomic mass is 32.2. The highest BCUT2D eigenvalue weighted by molar-refractivity contribution is 7.99. The fraction of sp³-hybridized carbons (Fsp3) is 0.333. The van der Waals surface area contributed by atoms with Crippen molar-refractivity contribution in [2.45, 2.75) is 11.8 Å². The molecule has 0 amide bonds. The molecule has 0 aliphatic rings. The zero-order chi connectivity index (χ0) is 8.81. The number of aliphatic hydroxyl groups excluding tert-OH is 1. The lowest BCUT2D eigenvalue weighted by molar-refractivity contribution is 0.325. The van der Waals surface area contributed by atoms with Gasteiger partial charge in [0.1, 0.15) is 6.73 Å². The maximum atomic E-state index is 8.58. The van der Waals surface area contributed by atoms with Gasteiger partial charge in [-0.05, 0) is 30.0 Å². The molecule has 2 nitrogen and oxygen atoms in total. The quantitative estimate of drug-likeness (QED) is 0.554. The van der Waals surface area contributed by atoms with Gasteiger partial charge in [-0.15, -0.1) is 11.8 Å². The van der Waals surface area contributed by atoms with Gasteiger partial charge in [0.05, 0.1) is 0 Å². The molecule has 0 aliphatic carbocycles. The Morgan fingerprint density at radius 1 is 1.33 bits per heavy atom. The van der Waals surface area contributed by atoms with Gasteiger partial charge in [-0.2, -0.15) is 0 Å². The summed E-state index contributed by atoms with van der Waals surface area (Å²) in [6.07, 6.45) is 0. The van der Waals surface area contributed by atoms with E-state index < -0.39 is 0 Å². The predicted octanol–water partition coefficient (Wildman–Crippen LogP) is 2.16. The maximum Gasteiger partial charge on any atom is 0.113 e. The summed E-state index contributed by atoms with van der Waals surface area (Å²) >= 11 is 1.81. The summed E-state index contributed by atoms with van der Waals surface area (Å²) in [6.45, 7) is 2.12. The number of hydrogen-bond acceptors (Lipinski definition) is 3. The number of hydrogen-bond donors (Lipinski definition) is 2.